The Hall–Kier alpha value is -0.0400. The Kier molecular flexibility index (Phi) is 1.81. The predicted octanol–water partition coefficient (Wildman–Crippen LogP) is 2.76. The van der Waals surface area contributed by atoms with Gasteiger partial charge < -0.3 is 0 Å². The number of hydrogen-bond donors (Lipinski definition) is 0. The molecule has 14 heavy (non-hydrogen) atoms. The van der Waals surface area contributed by atoms with Gasteiger partial charge in [-0.3, -0.25) is 4.90 Å². The van der Waals surface area contributed by atoms with Crippen LogP contribution in [0.15, 0.2) is 0 Å². The minimum Gasteiger partial charge on any atom is -0.300 e. The average molecular weight is 193 g/mol. The highest BCUT2D eigenvalue weighted by atomic mass is 15.2. The van der Waals surface area contributed by atoms with E-state index in [4.69, 9.17) is 0 Å². The lowest BCUT2D eigenvalue weighted by atomic mass is 9.53. The first-order valence-corrected chi connectivity index (χ1v) is 6.30. The van der Waals surface area contributed by atoms with E-state index in [1.54, 1.807) is 0 Å². The largest absolute Gasteiger partial charge is 0.300 e. The van der Waals surface area contributed by atoms with Crippen LogP contribution in [0.3, 0.4) is 0 Å². The van der Waals surface area contributed by atoms with E-state index in [1.807, 2.05) is 0 Å². The minimum atomic E-state index is 0.559. The van der Waals surface area contributed by atoms with Crippen molar-refractivity contribution in [1.82, 2.24) is 4.90 Å². The molecule has 80 valence electrons. The summed E-state index contributed by atoms with van der Waals surface area (Å²) in [5.41, 5.74) is 0.559. The molecule has 4 fully saturated rings. The normalized spacial score (nSPS) is 43.5. The molecule has 0 aromatic heterocycles. The van der Waals surface area contributed by atoms with E-state index >= 15 is 0 Å². The first kappa shape index (κ1) is 9.21. The van der Waals surface area contributed by atoms with E-state index < -0.39 is 0 Å². The first-order chi connectivity index (χ1) is 6.55. The van der Waals surface area contributed by atoms with Crippen molar-refractivity contribution in [3.63, 3.8) is 0 Å². The van der Waals surface area contributed by atoms with Gasteiger partial charge in [0.2, 0.25) is 0 Å². The molecule has 0 aromatic rings. The van der Waals surface area contributed by atoms with E-state index in [0.717, 1.165) is 23.8 Å². The molecule has 1 nitrogen and oxygen atoms in total. The summed E-state index contributed by atoms with van der Waals surface area (Å²) in [6.45, 7) is 10.1. The van der Waals surface area contributed by atoms with Crippen molar-refractivity contribution in [3.8, 4) is 0 Å². The Labute approximate surface area is 87.9 Å². The SMILES string of the molecule is CC(C)(C)C1C2CC1CN(C1CC1)C2. The fourth-order valence-electron chi connectivity index (χ4n) is 4.08. The van der Waals surface area contributed by atoms with Gasteiger partial charge in [-0.1, -0.05) is 20.8 Å². The van der Waals surface area contributed by atoms with Gasteiger partial charge >= 0.3 is 0 Å². The molecule has 0 spiro atoms. The van der Waals surface area contributed by atoms with E-state index in [2.05, 4.69) is 25.7 Å². The van der Waals surface area contributed by atoms with Crippen LogP contribution < -0.4 is 0 Å². The summed E-state index contributed by atoms with van der Waals surface area (Å²) in [6.07, 6.45) is 4.50. The van der Waals surface area contributed by atoms with E-state index in [1.165, 1.54) is 32.4 Å². The zero-order valence-corrected chi connectivity index (χ0v) is 9.79. The molecular formula is C13H23N. The maximum absolute atomic E-state index is 2.78. The average Bonchev–Trinajstić information content (AvgIpc) is 2.82. The zero-order chi connectivity index (χ0) is 9.92. The van der Waals surface area contributed by atoms with E-state index in [-0.39, 0.29) is 0 Å². The minimum absolute atomic E-state index is 0.559. The number of rotatable bonds is 1. The molecule has 0 aromatic carbocycles. The molecular weight excluding hydrogens is 170 g/mol. The molecule has 2 saturated heterocycles. The lowest BCUT2D eigenvalue weighted by molar-refractivity contribution is -0.0982. The Balaban J connectivity index is 1.67. The molecule has 4 rings (SSSR count). The first-order valence-electron chi connectivity index (χ1n) is 6.30. The van der Waals surface area contributed by atoms with Crippen LogP contribution in [-0.4, -0.2) is 24.0 Å². The van der Waals surface area contributed by atoms with Gasteiger partial charge in [-0.25, -0.2) is 0 Å². The third-order valence-corrected chi connectivity index (χ3v) is 4.62. The molecule has 2 aliphatic heterocycles. The van der Waals surface area contributed by atoms with Crippen molar-refractivity contribution in [2.45, 2.75) is 46.1 Å². The van der Waals surface area contributed by atoms with Crippen molar-refractivity contribution >= 4 is 0 Å². The molecule has 0 amide bonds. The molecule has 2 atom stereocenters. The van der Waals surface area contributed by atoms with Gasteiger partial charge in [-0.15, -0.1) is 0 Å². The maximum Gasteiger partial charge on any atom is 0.00966 e. The fraction of sp³-hybridized carbons (Fsp3) is 1.00. The highest BCUT2D eigenvalue weighted by Gasteiger charge is 2.52. The number of fused-ring (bicyclic) bond motifs is 2. The van der Waals surface area contributed by atoms with Crippen LogP contribution in [0.1, 0.15) is 40.0 Å². The second kappa shape index (κ2) is 2.75. The Bertz CT molecular complexity index is 224. The highest BCUT2D eigenvalue weighted by molar-refractivity contribution is 5.04. The lowest BCUT2D eigenvalue weighted by Crippen LogP contribution is -2.59. The van der Waals surface area contributed by atoms with E-state index in [9.17, 15) is 0 Å². The van der Waals surface area contributed by atoms with E-state index in [0.29, 0.717) is 5.41 Å². The number of piperidine rings is 2. The molecule has 4 aliphatic rings. The predicted molar refractivity (Wildman–Crippen MR) is 59.1 cm³/mol. The Morgan fingerprint density at radius 3 is 2.00 bits per heavy atom. The summed E-state index contributed by atoms with van der Waals surface area (Å²) >= 11 is 0. The van der Waals surface area contributed by atoms with Crippen LogP contribution in [0.4, 0.5) is 0 Å². The van der Waals surface area contributed by atoms with Crippen LogP contribution in [0, 0.1) is 23.2 Å². The second-order valence-corrected chi connectivity index (χ2v) is 6.83. The quantitative estimate of drug-likeness (QED) is 0.619. The number of hydrogen-bond acceptors (Lipinski definition) is 1. The Morgan fingerprint density at radius 2 is 1.57 bits per heavy atom. The smallest absolute Gasteiger partial charge is 0.00966 e. The molecule has 2 bridgehead atoms. The van der Waals surface area contributed by atoms with Crippen molar-refractivity contribution in [1.29, 1.82) is 0 Å². The van der Waals surface area contributed by atoms with Crippen molar-refractivity contribution < 1.29 is 0 Å². The van der Waals surface area contributed by atoms with Gasteiger partial charge in [-0.2, -0.15) is 0 Å². The van der Waals surface area contributed by atoms with Crippen LogP contribution in [0.5, 0.6) is 0 Å². The lowest BCUT2D eigenvalue weighted by Gasteiger charge is -2.58. The van der Waals surface area contributed by atoms with Crippen LogP contribution in [0.2, 0.25) is 0 Å². The van der Waals surface area contributed by atoms with Gasteiger partial charge in [0.05, 0.1) is 0 Å². The molecule has 2 heterocycles. The van der Waals surface area contributed by atoms with Crippen molar-refractivity contribution in [2.24, 2.45) is 23.2 Å². The summed E-state index contributed by atoms with van der Waals surface area (Å²) < 4.78 is 0. The van der Waals surface area contributed by atoms with Gasteiger partial charge in [0.1, 0.15) is 0 Å². The van der Waals surface area contributed by atoms with Crippen molar-refractivity contribution in [3.05, 3.63) is 0 Å². The standard InChI is InChI=1S/C13H23N/c1-13(2,3)12-9-6-10(12)8-14(7-9)11-4-5-11/h9-12H,4-8H2,1-3H3. The van der Waals surface area contributed by atoms with Crippen molar-refractivity contribution in [2.75, 3.05) is 13.1 Å². The fourth-order valence-corrected chi connectivity index (χ4v) is 4.08. The zero-order valence-electron chi connectivity index (χ0n) is 9.79. The second-order valence-electron chi connectivity index (χ2n) is 6.83. The summed E-state index contributed by atoms with van der Waals surface area (Å²) in [5.74, 6) is 3.10. The third kappa shape index (κ3) is 1.32. The third-order valence-electron chi connectivity index (χ3n) is 4.62. The van der Waals surface area contributed by atoms with Crippen LogP contribution in [-0.2, 0) is 0 Å². The summed E-state index contributed by atoms with van der Waals surface area (Å²) in [5, 5.41) is 0. The van der Waals surface area contributed by atoms with Gasteiger partial charge in [0, 0.05) is 19.1 Å². The van der Waals surface area contributed by atoms with Gasteiger partial charge in [0.25, 0.3) is 0 Å². The maximum atomic E-state index is 2.78. The van der Waals surface area contributed by atoms with Crippen LogP contribution in [0.25, 0.3) is 0 Å². The number of nitrogens with zero attached hydrogens (tertiary/aromatic N) is 1. The van der Waals surface area contributed by atoms with Gasteiger partial charge in [0.15, 0.2) is 0 Å². The molecule has 2 saturated carbocycles. The summed E-state index contributed by atoms with van der Waals surface area (Å²) in [4.78, 5) is 2.78. The highest BCUT2D eigenvalue weighted by Crippen LogP contribution is 2.54. The van der Waals surface area contributed by atoms with Gasteiger partial charge in [-0.05, 0) is 42.4 Å². The molecule has 1 heteroatoms. The molecule has 2 aliphatic carbocycles. The summed E-state index contributed by atoms with van der Waals surface area (Å²) in [6, 6.07) is 1.00. The van der Waals surface area contributed by atoms with Crippen LogP contribution >= 0.6 is 0 Å². The summed E-state index contributed by atoms with van der Waals surface area (Å²) in [7, 11) is 0. The monoisotopic (exact) mass is 193 g/mol. The molecule has 0 N–H and O–H groups in total. The topological polar surface area (TPSA) is 3.24 Å². The molecule has 0 radical (unpaired) electrons. The Morgan fingerprint density at radius 1 is 1.00 bits per heavy atom. The molecule has 2 unspecified atom stereocenters.